The van der Waals surface area contributed by atoms with E-state index < -0.39 is 5.91 Å². The monoisotopic (exact) mass is 321 g/mol. The molecule has 0 radical (unpaired) electrons. The predicted molar refractivity (Wildman–Crippen MR) is 95.8 cm³/mol. The first-order valence-electron chi connectivity index (χ1n) is 7.79. The highest BCUT2D eigenvalue weighted by atomic mass is 16.3. The minimum atomic E-state index is -0.429. The standard InChI is InChI=1S/C20H19NO3/c1-11-5-8-16(13(3)9-11)21-20(23)18-10-17(22)15-7-6-12(2)14(4)19(15)24-18/h5-10H,1-4H3,(H,21,23). The van der Waals surface area contributed by atoms with Crippen molar-refractivity contribution in [2.24, 2.45) is 0 Å². The Labute approximate surface area is 140 Å². The first-order valence-corrected chi connectivity index (χ1v) is 7.79. The van der Waals surface area contributed by atoms with Crippen LogP contribution in [0, 0.1) is 27.7 Å². The Bertz CT molecular complexity index is 1020. The average Bonchev–Trinajstić information content (AvgIpc) is 2.53. The fourth-order valence-electron chi connectivity index (χ4n) is 2.70. The van der Waals surface area contributed by atoms with Gasteiger partial charge in [0.05, 0.1) is 5.39 Å². The smallest absolute Gasteiger partial charge is 0.291 e. The quantitative estimate of drug-likeness (QED) is 0.766. The Balaban J connectivity index is 2.04. The highest BCUT2D eigenvalue weighted by Crippen LogP contribution is 2.21. The van der Waals surface area contributed by atoms with E-state index in [0.29, 0.717) is 16.7 Å². The van der Waals surface area contributed by atoms with E-state index in [9.17, 15) is 9.59 Å². The zero-order valence-electron chi connectivity index (χ0n) is 14.2. The number of hydrogen-bond donors (Lipinski definition) is 1. The van der Waals surface area contributed by atoms with Crippen LogP contribution in [0.4, 0.5) is 5.69 Å². The molecule has 0 saturated heterocycles. The number of nitrogens with one attached hydrogen (secondary N) is 1. The van der Waals surface area contributed by atoms with Crippen LogP contribution in [0.5, 0.6) is 0 Å². The van der Waals surface area contributed by atoms with Crippen molar-refractivity contribution in [1.82, 2.24) is 0 Å². The van der Waals surface area contributed by atoms with Gasteiger partial charge in [-0.05, 0) is 56.5 Å². The largest absolute Gasteiger partial charge is 0.450 e. The number of hydrogen-bond acceptors (Lipinski definition) is 3. The minimum Gasteiger partial charge on any atom is -0.450 e. The number of amides is 1. The van der Waals surface area contributed by atoms with E-state index in [0.717, 1.165) is 22.3 Å². The van der Waals surface area contributed by atoms with Crippen LogP contribution in [0.1, 0.15) is 32.8 Å². The van der Waals surface area contributed by atoms with Crippen LogP contribution >= 0.6 is 0 Å². The van der Waals surface area contributed by atoms with Crippen LogP contribution in [0.3, 0.4) is 0 Å². The van der Waals surface area contributed by atoms with E-state index in [-0.39, 0.29) is 11.2 Å². The molecule has 1 heterocycles. The summed E-state index contributed by atoms with van der Waals surface area (Å²) < 4.78 is 5.74. The van der Waals surface area contributed by atoms with Gasteiger partial charge >= 0.3 is 0 Å². The minimum absolute atomic E-state index is 0.0150. The molecule has 24 heavy (non-hydrogen) atoms. The summed E-state index contributed by atoms with van der Waals surface area (Å²) in [5, 5.41) is 3.30. The first kappa shape index (κ1) is 16.0. The van der Waals surface area contributed by atoms with Crippen molar-refractivity contribution in [3.8, 4) is 0 Å². The third-order valence-corrected chi connectivity index (χ3v) is 4.27. The molecule has 0 saturated carbocycles. The van der Waals surface area contributed by atoms with E-state index in [2.05, 4.69) is 5.32 Å². The first-order chi connectivity index (χ1) is 11.4. The summed E-state index contributed by atoms with van der Waals surface area (Å²) in [5.41, 5.74) is 4.91. The van der Waals surface area contributed by atoms with Gasteiger partial charge in [0.25, 0.3) is 5.91 Å². The zero-order chi connectivity index (χ0) is 17.4. The average molecular weight is 321 g/mol. The van der Waals surface area contributed by atoms with E-state index in [4.69, 9.17) is 4.42 Å². The third kappa shape index (κ3) is 2.83. The van der Waals surface area contributed by atoms with E-state index in [1.54, 1.807) is 6.07 Å². The number of anilines is 1. The second-order valence-corrected chi connectivity index (χ2v) is 6.13. The van der Waals surface area contributed by atoms with Crippen LogP contribution in [0.2, 0.25) is 0 Å². The molecule has 0 fully saturated rings. The maximum Gasteiger partial charge on any atom is 0.291 e. The lowest BCUT2D eigenvalue weighted by Crippen LogP contribution is -2.16. The van der Waals surface area contributed by atoms with E-state index in [1.165, 1.54) is 6.07 Å². The number of benzene rings is 2. The summed E-state index contributed by atoms with van der Waals surface area (Å²) >= 11 is 0. The molecule has 2 aromatic carbocycles. The highest BCUT2D eigenvalue weighted by molar-refractivity contribution is 6.03. The van der Waals surface area contributed by atoms with Crippen molar-refractivity contribution < 1.29 is 9.21 Å². The van der Waals surface area contributed by atoms with Crippen LogP contribution in [-0.2, 0) is 0 Å². The Kier molecular flexibility index (Phi) is 3.97. The summed E-state index contributed by atoms with van der Waals surface area (Å²) in [7, 11) is 0. The fourth-order valence-corrected chi connectivity index (χ4v) is 2.70. The molecule has 0 unspecified atom stereocenters. The number of aryl methyl sites for hydroxylation is 4. The van der Waals surface area contributed by atoms with Gasteiger partial charge in [-0.15, -0.1) is 0 Å². The molecule has 0 aliphatic rings. The summed E-state index contributed by atoms with van der Waals surface area (Å²) in [4.78, 5) is 24.8. The fraction of sp³-hybridized carbons (Fsp3) is 0.200. The molecular weight excluding hydrogens is 302 g/mol. The van der Waals surface area contributed by atoms with Gasteiger partial charge in [0, 0.05) is 11.8 Å². The van der Waals surface area contributed by atoms with Gasteiger partial charge < -0.3 is 9.73 Å². The van der Waals surface area contributed by atoms with Crippen LogP contribution < -0.4 is 10.7 Å². The summed E-state index contributed by atoms with van der Waals surface area (Å²) in [5.74, 6) is -0.414. The van der Waals surface area contributed by atoms with Crippen molar-refractivity contribution in [3.05, 3.63) is 74.6 Å². The molecule has 3 aromatic rings. The maximum absolute atomic E-state index is 12.5. The summed E-state index contributed by atoms with van der Waals surface area (Å²) in [6.07, 6.45) is 0. The van der Waals surface area contributed by atoms with E-state index in [1.807, 2.05) is 52.0 Å². The number of carbonyl (C=O) groups excluding carboxylic acids is 1. The summed E-state index contributed by atoms with van der Waals surface area (Å²) in [6.45, 7) is 7.74. The van der Waals surface area contributed by atoms with E-state index >= 15 is 0 Å². The van der Waals surface area contributed by atoms with Gasteiger partial charge in [-0.3, -0.25) is 9.59 Å². The predicted octanol–water partition coefficient (Wildman–Crippen LogP) is 4.28. The lowest BCUT2D eigenvalue weighted by molar-refractivity contribution is 0.0997. The van der Waals surface area contributed by atoms with Gasteiger partial charge in [-0.25, -0.2) is 0 Å². The molecule has 1 N–H and O–H groups in total. The van der Waals surface area contributed by atoms with Gasteiger partial charge in [-0.2, -0.15) is 0 Å². The van der Waals surface area contributed by atoms with Crippen molar-refractivity contribution in [2.45, 2.75) is 27.7 Å². The molecule has 1 aromatic heterocycles. The molecule has 1 amide bonds. The number of carbonyl (C=O) groups is 1. The van der Waals surface area contributed by atoms with Gasteiger partial charge in [0.2, 0.25) is 0 Å². The SMILES string of the molecule is Cc1ccc(NC(=O)c2cc(=O)c3ccc(C)c(C)c3o2)c(C)c1. The molecule has 0 aliphatic heterocycles. The topological polar surface area (TPSA) is 59.3 Å². The van der Waals surface area contributed by atoms with Crippen LogP contribution in [0.15, 0.2) is 45.6 Å². The molecule has 122 valence electrons. The van der Waals surface area contributed by atoms with Crippen molar-refractivity contribution in [2.75, 3.05) is 5.32 Å². The Hall–Kier alpha value is -2.88. The molecular formula is C20H19NO3. The molecule has 0 bridgehead atoms. The van der Waals surface area contributed by atoms with Crippen molar-refractivity contribution in [3.63, 3.8) is 0 Å². The second-order valence-electron chi connectivity index (χ2n) is 6.13. The summed E-state index contributed by atoms with van der Waals surface area (Å²) in [6, 6.07) is 10.6. The number of rotatable bonds is 2. The van der Waals surface area contributed by atoms with Crippen molar-refractivity contribution >= 4 is 22.6 Å². The molecule has 4 heteroatoms. The van der Waals surface area contributed by atoms with Gasteiger partial charge in [-0.1, -0.05) is 23.8 Å². The molecule has 0 spiro atoms. The second kappa shape index (κ2) is 5.96. The third-order valence-electron chi connectivity index (χ3n) is 4.27. The molecule has 4 nitrogen and oxygen atoms in total. The Morgan fingerprint density at radius 1 is 0.958 bits per heavy atom. The maximum atomic E-state index is 12.5. The van der Waals surface area contributed by atoms with Crippen LogP contribution in [-0.4, -0.2) is 5.91 Å². The van der Waals surface area contributed by atoms with Gasteiger partial charge in [0.15, 0.2) is 11.2 Å². The van der Waals surface area contributed by atoms with Gasteiger partial charge in [0.1, 0.15) is 5.58 Å². The molecule has 0 atom stereocenters. The molecule has 3 rings (SSSR count). The van der Waals surface area contributed by atoms with Crippen molar-refractivity contribution in [1.29, 1.82) is 0 Å². The lowest BCUT2D eigenvalue weighted by Gasteiger charge is -2.10. The van der Waals surface area contributed by atoms with Crippen LogP contribution in [0.25, 0.3) is 11.0 Å². The Morgan fingerprint density at radius 3 is 2.42 bits per heavy atom. The Morgan fingerprint density at radius 2 is 1.71 bits per heavy atom. The number of fused-ring (bicyclic) bond motifs is 1. The zero-order valence-corrected chi connectivity index (χ0v) is 14.2. The lowest BCUT2D eigenvalue weighted by atomic mass is 10.1. The normalized spacial score (nSPS) is 10.8. The molecule has 0 aliphatic carbocycles. The highest BCUT2D eigenvalue weighted by Gasteiger charge is 2.15.